The van der Waals surface area contributed by atoms with Gasteiger partial charge in [0.25, 0.3) is 0 Å². The van der Waals surface area contributed by atoms with Crippen LogP contribution in [-0.4, -0.2) is 30.6 Å². The average molecular weight is 220 g/mol. The molecule has 1 fully saturated rings. The number of pyridine rings is 1. The second kappa shape index (κ2) is 4.51. The van der Waals surface area contributed by atoms with Gasteiger partial charge in [-0.25, -0.2) is 9.78 Å². The third-order valence-electron chi connectivity index (χ3n) is 2.98. The molecular weight excluding hydrogens is 204 g/mol. The van der Waals surface area contributed by atoms with E-state index in [-0.39, 0.29) is 12.0 Å². The predicted molar refractivity (Wildman–Crippen MR) is 61.4 cm³/mol. The maximum absolute atomic E-state index is 11.6. The topological polar surface area (TPSA) is 42.4 Å². The highest BCUT2D eigenvalue weighted by molar-refractivity contribution is 5.80. The number of rotatable bonds is 2. The first-order chi connectivity index (χ1) is 7.74. The Bertz CT molecular complexity index is 392. The molecule has 1 aliphatic rings. The van der Waals surface area contributed by atoms with Crippen molar-refractivity contribution in [1.82, 2.24) is 4.98 Å². The summed E-state index contributed by atoms with van der Waals surface area (Å²) in [7, 11) is 1.43. The molecule has 16 heavy (non-hydrogen) atoms. The molecule has 0 bridgehead atoms. The van der Waals surface area contributed by atoms with E-state index < -0.39 is 0 Å². The smallest absolute Gasteiger partial charge is 0.328 e. The Balaban J connectivity index is 2.27. The third kappa shape index (κ3) is 1.87. The quantitative estimate of drug-likeness (QED) is 0.709. The van der Waals surface area contributed by atoms with Crippen LogP contribution in [0.4, 0.5) is 5.82 Å². The molecule has 0 radical (unpaired) electrons. The molecule has 0 saturated carbocycles. The van der Waals surface area contributed by atoms with Gasteiger partial charge in [-0.05, 0) is 31.4 Å². The lowest BCUT2D eigenvalue weighted by molar-refractivity contribution is -0.141. The van der Waals surface area contributed by atoms with E-state index in [1.54, 1.807) is 6.20 Å². The van der Waals surface area contributed by atoms with Crippen molar-refractivity contribution in [2.75, 3.05) is 18.6 Å². The highest BCUT2D eigenvalue weighted by atomic mass is 16.5. The molecule has 1 saturated heterocycles. The van der Waals surface area contributed by atoms with Gasteiger partial charge in [0.05, 0.1) is 7.11 Å². The van der Waals surface area contributed by atoms with Crippen LogP contribution in [0.1, 0.15) is 18.4 Å². The molecule has 4 nitrogen and oxygen atoms in total. The molecule has 0 spiro atoms. The number of aromatic nitrogens is 1. The van der Waals surface area contributed by atoms with Crippen LogP contribution in [0.2, 0.25) is 0 Å². The van der Waals surface area contributed by atoms with Crippen LogP contribution in [0.3, 0.4) is 0 Å². The number of hydrogen-bond acceptors (Lipinski definition) is 4. The van der Waals surface area contributed by atoms with Gasteiger partial charge in [-0.3, -0.25) is 0 Å². The molecule has 2 heterocycles. The predicted octanol–water partition coefficient (Wildman–Crippen LogP) is 1.53. The number of aryl methyl sites for hydroxylation is 1. The fourth-order valence-electron chi connectivity index (χ4n) is 2.18. The van der Waals surface area contributed by atoms with Crippen LogP contribution in [0.5, 0.6) is 0 Å². The fourth-order valence-corrected chi connectivity index (χ4v) is 2.18. The van der Waals surface area contributed by atoms with Crippen molar-refractivity contribution in [2.24, 2.45) is 0 Å². The van der Waals surface area contributed by atoms with Crippen LogP contribution < -0.4 is 4.90 Å². The minimum Gasteiger partial charge on any atom is -0.467 e. The molecular formula is C12H16N2O2. The summed E-state index contributed by atoms with van der Waals surface area (Å²) in [5, 5.41) is 0. The van der Waals surface area contributed by atoms with Gasteiger partial charge < -0.3 is 9.64 Å². The summed E-state index contributed by atoms with van der Waals surface area (Å²) in [6, 6.07) is 3.75. The zero-order chi connectivity index (χ0) is 11.5. The summed E-state index contributed by atoms with van der Waals surface area (Å²) in [5.41, 5.74) is 1.10. The van der Waals surface area contributed by atoms with Crippen molar-refractivity contribution in [3.8, 4) is 0 Å². The Labute approximate surface area is 95.2 Å². The van der Waals surface area contributed by atoms with Crippen LogP contribution in [0, 0.1) is 6.92 Å². The summed E-state index contributed by atoms with van der Waals surface area (Å²) in [6.07, 6.45) is 3.62. The van der Waals surface area contributed by atoms with Gasteiger partial charge in [0.15, 0.2) is 0 Å². The molecule has 1 aliphatic heterocycles. The van der Waals surface area contributed by atoms with E-state index in [2.05, 4.69) is 4.98 Å². The van der Waals surface area contributed by atoms with Crippen LogP contribution in [-0.2, 0) is 9.53 Å². The lowest BCUT2D eigenvalue weighted by Crippen LogP contribution is -2.37. The van der Waals surface area contributed by atoms with Gasteiger partial charge in [-0.2, -0.15) is 0 Å². The molecule has 86 valence electrons. The van der Waals surface area contributed by atoms with E-state index in [0.29, 0.717) is 0 Å². The van der Waals surface area contributed by atoms with Gasteiger partial charge in [-0.15, -0.1) is 0 Å². The fraction of sp³-hybridized carbons (Fsp3) is 0.500. The van der Waals surface area contributed by atoms with Crippen molar-refractivity contribution < 1.29 is 9.53 Å². The monoisotopic (exact) mass is 220 g/mol. The molecule has 0 aromatic carbocycles. The second-order valence-corrected chi connectivity index (χ2v) is 4.02. The van der Waals surface area contributed by atoms with Crippen LogP contribution >= 0.6 is 0 Å². The number of anilines is 1. The summed E-state index contributed by atoms with van der Waals surface area (Å²) in [5.74, 6) is 0.734. The SMILES string of the molecule is COC(=O)C1CCCN1c1ncccc1C. The van der Waals surface area contributed by atoms with Gasteiger partial charge in [0.2, 0.25) is 0 Å². The number of ether oxygens (including phenoxy) is 1. The number of carbonyl (C=O) groups is 1. The zero-order valence-electron chi connectivity index (χ0n) is 9.64. The van der Waals surface area contributed by atoms with E-state index >= 15 is 0 Å². The molecule has 4 heteroatoms. The lowest BCUT2D eigenvalue weighted by atomic mass is 10.2. The maximum atomic E-state index is 11.6. The molecule has 0 amide bonds. The summed E-state index contributed by atoms with van der Waals surface area (Å²) in [6.45, 7) is 2.88. The highest BCUT2D eigenvalue weighted by Crippen LogP contribution is 2.26. The number of methoxy groups -OCH3 is 1. The van der Waals surface area contributed by atoms with E-state index in [4.69, 9.17) is 4.74 Å². The molecule has 2 rings (SSSR count). The summed E-state index contributed by atoms with van der Waals surface area (Å²) < 4.78 is 4.82. The average Bonchev–Trinajstić information content (AvgIpc) is 2.77. The maximum Gasteiger partial charge on any atom is 0.328 e. The number of nitrogens with zero attached hydrogens (tertiary/aromatic N) is 2. The first-order valence-corrected chi connectivity index (χ1v) is 5.50. The molecule has 1 unspecified atom stereocenters. The van der Waals surface area contributed by atoms with Crippen molar-refractivity contribution in [3.63, 3.8) is 0 Å². The van der Waals surface area contributed by atoms with E-state index in [9.17, 15) is 4.79 Å². The Morgan fingerprint density at radius 3 is 3.12 bits per heavy atom. The Morgan fingerprint density at radius 2 is 2.44 bits per heavy atom. The lowest BCUT2D eigenvalue weighted by Gasteiger charge is -2.24. The normalized spacial score (nSPS) is 19.9. The number of hydrogen-bond donors (Lipinski definition) is 0. The van der Waals surface area contributed by atoms with Gasteiger partial charge >= 0.3 is 5.97 Å². The molecule has 0 aliphatic carbocycles. The van der Waals surface area contributed by atoms with Gasteiger partial charge in [0, 0.05) is 12.7 Å². The van der Waals surface area contributed by atoms with Gasteiger partial charge in [-0.1, -0.05) is 6.07 Å². The Hall–Kier alpha value is -1.58. The standard InChI is InChI=1S/C12H16N2O2/c1-9-5-3-7-13-11(9)14-8-4-6-10(14)12(15)16-2/h3,5,7,10H,4,6,8H2,1-2H3. The van der Waals surface area contributed by atoms with Gasteiger partial charge in [0.1, 0.15) is 11.9 Å². The first-order valence-electron chi connectivity index (χ1n) is 5.50. The summed E-state index contributed by atoms with van der Waals surface area (Å²) in [4.78, 5) is 18.0. The highest BCUT2D eigenvalue weighted by Gasteiger charge is 2.32. The van der Waals surface area contributed by atoms with Crippen molar-refractivity contribution in [3.05, 3.63) is 23.9 Å². The molecule has 0 N–H and O–H groups in total. The van der Waals surface area contributed by atoms with Crippen molar-refractivity contribution >= 4 is 11.8 Å². The minimum absolute atomic E-state index is 0.164. The summed E-state index contributed by atoms with van der Waals surface area (Å²) >= 11 is 0. The molecule has 1 atom stereocenters. The number of esters is 1. The Kier molecular flexibility index (Phi) is 3.08. The number of carbonyl (C=O) groups excluding carboxylic acids is 1. The minimum atomic E-state index is -0.168. The van der Waals surface area contributed by atoms with E-state index in [1.807, 2.05) is 24.0 Å². The first kappa shape index (κ1) is 10.9. The zero-order valence-corrected chi connectivity index (χ0v) is 9.64. The largest absolute Gasteiger partial charge is 0.467 e. The molecule has 1 aromatic heterocycles. The second-order valence-electron chi connectivity index (χ2n) is 4.02. The third-order valence-corrected chi connectivity index (χ3v) is 2.98. The van der Waals surface area contributed by atoms with Crippen molar-refractivity contribution in [1.29, 1.82) is 0 Å². The van der Waals surface area contributed by atoms with E-state index in [1.165, 1.54) is 7.11 Å². The molecule has 1 aromatic rings. The van der Waals surface area contributed by atoms with Crippen LogP contribution in [0.15, 0.2) is 18.3 Å². The van der Waals surface area contributed by atoms with E-state index in [0.717, 1.165) is 30.8 Å². The Morgan fingerprint density at radius 1 is 1.62 bits per heavy atom. The van der Waals surface area contributed by atoms with Crippen molar-refractivity contribution in [2.45, 2.75) is 25.8 Å². The van der Waals surface area contributed by atoms with Crippen LogP contribution in [0.25, 0.3) is 0 Å².